The molecule has 2 amide bonds. The Morgan fingerprint density at radius 2 is 1.79 bits per heavy atom. The van der Waals surface area contributed by atoms with E-state index in [9.17, 15) is 18.0 Å². The molecule has 8 rings (SSSR count). The number of fused-ring (bicyclic) bond motifs is 5. The average molecular weight is 725 g/mol. The highest BCUT2D eigenvalue weighted by molar-refractivity contribution is 7.91. The highest BCUT2D eigenvalue weighted by atomic mass is 32.2. The molecule has 3 fully saturated rings. The van der Waals surface area contributed by atoms with Gasteiger partial charge in [0.1, 0.15) is 17.3 Å². The number of ether oxygens (including phenoxy) is 1. The summed E-state index contributed by atoms with van der Waals surface area (Å²) in [5.74, 6) is -0.338. The Bertz CT molecular complexity index is 2100. The van der Waals surface area contributed by atoms with Crippen molar-refractivity contribution in [2.24, 2.45) is 5.92 Å². The van der Waals surface area contributed by atoms with Crippen molar-refractivity contribution in [1.82, 2.24) is 40.2 Å². The third-order valence-electron chi connectivity index (χ3n) is 10.9. The maximum Gasteiger partial charge on any atom is 0.271 e. The Labute approximate surface area is 303 Å². The first-order chi connectivity index (χ1) is 25.3. The lowest BCUT2D eigenvalue weighted by Crippen LogP contribution is -2.54. The number of nitrogens with zero attached hydrogens (tertiary/aromatic N) is 5. The van der Waals surface area contributed by atoms with Gasteiger partial charge in [-0.25, -0.2) is 18.4 Å². The summed E-state index contributed by atoms with van der Waals surface area (Å²) in [6.45, 7) is 1.56. The smallest absolute Gasteiger partial charge is 0.271 e. The molecule has 5 atom stereocenters. The summed E-state index contributed by atoms with van der Waals surface area (Å²) in [7, 11) is -3.71. The largest absolute Gasteiger partial charge is 0.472 e. The highest BCUT2D eigenvalue weighted by Crippen LogP contribution is 2.46. The fourth-order valence-corrected chi connectivity index (χ4v) is 9.13. The predicted octanol–water partition coefficient (Wildman–Crippen LogP) is 3.67. The Kier molecular flexibility index (Phi) is 9.62. The maximum atomic E-state index is 13.7. The van der Waals surface area contributed by atoms with E-state index in [-0.39, 0.29) is 35.7 Å². The minimum Gasteiger partial charge on any atom is -0.472 e. The number of benzene rings is 1. The monoisotopic (exact) mass is 724 g/mol. The van der Waals surface area contributed by atoms with Crippen molar-refractivity contribution in [3.8, 4) is 5.88 Å². The van der Waals surface area contributed by atoms with Crippen molar-refractivity contribution >= 4 is 43.6 Å². The number of allylic oxidation sites excluding steroid dienone is 1. The molecule has 2 saturated carbocycles. The number of nitrogens with one attached hydrogen (secondary N) is 3. The van der Waals surface area contributed by atoms with Crippen molar-refractivity contribution < 1.29 is 22.7 Å². The van der Waals surface area contributed by atoms with E-state index >= 15 is 0 Å². The summed E-state index contributed by atoms with van der Waals surface area (Å²) in [4.78, 5) is 47.0. The molecule has 4 aromatic rings. The van der Waals surface area contributed by atoms with Crippen LogP contribution >= 0.6 is 0 Å². The molecule has 14 heteroatoms. The first-order valence-corrected chi connectivity index (χ1v) is 19.9. The van der Waals surface area contributed by atoms with Crippen LogP contribution in [0.4, 0.5) is 0 Å². The number of aromatic nitrogens is 4. The van der Waals surface area contributed by atoms with E-state index in [0.29, 0.717) is 56.8 Å². The van der Waals surface area contributed by atoms with Crippen molar-refractivity contribution in [1.29, 1.82) is 0 Å². The van der Waals surface area contributed by atoms with Crippen LogP contribution in [0.25, 0.3) is 21.8 Å². The molecule has 272 valence electrons. The van der Waals surface area contributed by atoms with Gasteiger partial charge in [-0.15, -0.1) is 0 Å². The van der Waals surface area contributed by atoms with Crippen LogP contribution in [-0.2, 0) is 14.8 Å². The van der Waals surface area contributed by atoms with Crippen LogP contribution in [0.2, 0.25) is 0 Å². The van der Waals surface area contributed by atoms with Crippen molar-refractivity contribution in [2.75, 3.05) is 19.6 Å². The predicted molar refractivity (Wildman–Crippen MR) is 196 cm³/mol. The lowest BCUT2D eigenvalue weighted by atomic mass is 10.1. The fraction of sp³-hybridized carbons (Fsp3) is 0.474. The molecule has 13 nitrogen and oxygen atoms in total. The van der Waals surface area contributed by atoms with Crippen molar-refractivity contribution in [2.45, 2.75) is 86.8 Å². The normalized spacial score (nSPS) is 27.2. The number of hydrogen-bond acceptors (Lipinski definition) is 11. The fourth-order valence-electron chi connectivity index (χ4n) is 7.77. The van der Waals surface area contributed by atoms with E-state index in [4.69, 9.17) is 9.72 Å². The van der Waals surface area contributed by atoms with E-state index in [0.717, 1.165) is 48.3 Å². The van der Waals surface area contributed by atoms with Gasteiger partial charge in [-0.05, 0) is 62.1 Å². The zero-order valence-corrected chi connectivity index (χ0v) is 29.8. The second kappa shape index (κ2) is 14.5. The summed E-state index contributed by atoms with van der Waals surface area (Å²) in [6.07, 6.45) is 17.1. The second-order valence-electron chi connectivity index (χ2n) is 14.6. The summed E-state index contributed by atoms with van der Waals surface area (Å²) >= 11 is 0. The van der Waals surface area contributed by atoms with Gasteiger partial charge < -0.3 is 15.4 Å². The van der Waals surface area contributed by atoms with Crippen LogP contribution in [0.15, 0.2) is 73.3 Å². The van der Waals surface area contributed by atoms with Crippen LogP contribution in [0.3, 0.4) is 0 Å². The van der Waals surface area contributed by atoms with Gasteiger partial charge in [0.15, 0.2) is 5.65 Å². The Hall–Kier alpha value is -4.53. The standard InChI is InChI=1S/C38H44N8O5S/c47-35(33-22-39-17-18-40-33)43-26-10-5-3-1-2-4-9-25-20-38(25,37(48)45-52(49,50)29-14-15-29)42-21-27-19-28(24-46(27)23-26)51-36-32-12-7-6-11-30(32)31-13-8-16-41-34(31)44-36/h4,6-9,11-13,16-18,22,25-29,42H,1-3,5,10,14-15,19-21,23-24H2,(H,43,47)(H,45,48)/t25-,26+,27+,28-,38-/m1/s1. The van der Waals surface area contributed by atoms with Gasteiger partial charge in [-0.1, -0.05) is 43.2 Å². The molecule has 2 aliphatic heterocycles. The quantitative estimate of drug-likeness (QED) is 0.188. The number of carbonyl (C=O) groups excluding carboxylic acids is 2. The molecule has 2 aliphatic carbocycles. The van der Waals surface area contributed by atoms with E-state index in [1.54, 1.807) is 12.4 Å². The van der Waals surface area contributed by atoms with Crippen LogP contribution in [0.5, 0.6) is 5.88 Å². The molecule has 5 heterocycles. The third-order valence-corrected chi connectivity index (χ3v) is 12.7. The van der Waals surface area contributed by atoms with E-state index in [1.807, 2.05) is 30.3 Å². The Balaban J connectivity index is 1.07. The molecule has 3 aromatic heterocycles. The van der Waals surface area contributed by atoms with Gasteiger partial charge in [-0.3, -0.25) is 24.2 Å². The molecular formula is C38H44N8O5S. The molecule has 0 spiro atoms. The van der Waals surface area contributed by atoms with E-state index in [2.05, 4.69) is 53.4 Å². The van der Waals surface area contributed by atoms with Gasteiger partial charge in [0, 0.05) is 73.4 Å². The number of sulfonamides is 1. The summed E-state index contributed by atoms with van der Waals surface area (Å²) in [6, 6.07) is 11.7. The average Bonchev–Trinajstić information content (AvgIpc) is 4.08. The van der Waals surface area contributed by atoms with Gasteiger partial charge >= 0.3 is 0 Å². The minimum atomic E-state index is -3.71. The van der Waals surface area contributed by atoms with Crippen molar-refractivity contribution in [3.05, 3.63) is 79.0 Å². The lowest BCUT2D eigenvalue weighted by Gasteiger charge is -2.30. The van der Waals surface area contributed by atoms with Crippen LogP contribution in [-0.4, -0.2) is 93.7 Å². The highest BCUT2D eigenvalue weighted by Gasteiger charge is 2.60. The number of carbonyl (C=O) groups is 2. The molecule has 1 aromatic carbocycles. The molecule has 4 aliphatic rings. The zero-order valence-electron chi connectivity index (χ0n) is 29.0. The maximum absolute atomic E-state index is 13.7. The van der Waals surface area contributed by atoms with Gasteiger partial charge in [0.25, 0.3) is 11.8 Å². The number of rotatable bonds is 7. The first kappa shape index (κ1) is 34.6. The lowest BCUT2D eigenvalue weighted by molar-refractivity contribution is -0.122. The first-order valence-electron chi connectivity index (χ1n) is 18.4. The molecular weight excluding hydrogens is 681 g/mol. The molecule has 0 bridgehead atoms. The topological polar surface area (TPSA) is 168 Å². The van der Waals surface area contributed by atoms with Gasteiger partial charge in [-0.2, -0.15) is 4.98 Å². The SMILES string of the molecule is O=C(N[C@H]1CCCCCC=C[C@@H]2C[C@@]2(C(=O)NS(=O)(=O)C2CC2)NC[C@@H]2C[C@@H](Oc3nc4ncccc4c4ccccc34)CN2C1)c1cnccn1. The molecule has 0 unspecified atom stereocenters. The Morgan fingerprint density at radius 1 is 0.942 bits per heavy atom. The molecule has 1 saturated heterocycles. The summed E-state index contributed by atoms with van der Waals surface area (Å²) in [5.41, 5.74) is -0.134. The van der Waals surface area contributed by atoms with Gasteiger partial charge in [0.05, 0.1) is 11.4 Å². The Morgan fingerprint density at radius 3 is 2.62 bits per heavy atom. The second-order valence-corrected chi connectivity index (χ2v) is 16.5. The van der Waals surface area contributed by atoms with Crippen LogP contribution in [0, 0.1) is 5.92 Å². The van der Waals surface area contributed by atoms with Crippen LogP contribution in [0.1, 0.15) is 68.3 Å². The third kappa shape index (κ3) is 7.37. The number of amides is 2. The van der Waals surface area contributed by atoms with Gasteiger partial charge in [0.2, 0.25) is 15.9 Å². The van der Waals surface area contributed by atoms with Crippen LogP contribution < -0.4 is 20.1 Å². The number of hydrogen-bond donors (Lipinski definition) is 3. The number of pyridine rings is 2. The van der Waals surface area contributed by atoms with Crippen molar-refractivity contribution in [3.63, 3.8) is 0 Å². The minimum absolute atomic E-state index is 0.0779. The van der Waals surface area contributed by atoms with E-state index < -0.39 is 26.7 Å². The molecule has 0 radical (unpaired) electrons. The zero-order chi connectivity index (χ0) is 35.7. The summed E-state index contributed by atoms with van der Waals surface area (Å²) < 4.78 is 34.9. The molecule has 52 heavy (non-hydrogen) atoms. The summed E-state index contributed by atoms with van der Waals surface area (Å²) in [5, 5.41) is 9.16. The molecule has 3 N–H and O–H groups in total. The van der Waals surface area contributed by atoms with E-state index in [1.165, 1.54) is 12.4 Å².